The molecule has 1 aliphatic rings. The van der Waals surface area contributed by atoms with E-state index in [9.17, 15) is 0 Å². The van der Waals surface area contributed by atoms with E-state index in [1.54, 1.807) is 7.11 Å². The highest BCUT2D eigenvalue weighted by atomic mass is 16.5. The van der Waals surface area contributed by atoms with E-state index in [0.717, 1.165) is 23.7 Å². The lowest BCUT2D eigenvalue weighted by Crippen LogP contribution is -2.19. The number of fused-ring (bicyclic) bond motifs is 1. The van der Waals surface area contributed by atoms with E-state index in [2.05, 4.69) is 23.3 Å². The van der Waals surface area contributed by atoms with Gasteiger partial charge >= 0.3 is 0 Å². The molecule has 0 saturated heterocycles. The van der Waals surface area contributed by atoms with Gasteiger partial charge < -0.3 is 15.5 Å². The van der Waals surface area contributed by atoms with Gasteiger partial charge in [0.1, 0.15) is 5.75 Å². The molecule has 3 N–H and O–H groups in total. The summed E-state index contributed by atoms with van der Waals surface area (Å²) in [5.74, 6) is 2.13. The topological polar surface area (TPSA) is 51.0 Å². The zero-order valence-electron chi connectivity index (χ0n) is 11.5. The molecule has 2 aromatic rings. The Kier molecular flexibility index (Phi) is 3.47. The van der Waals surface area contributed by atoms with Gasteiger partial charge in [0.2, 0.25) is 0 Å². The van der Waals surface area contributed by atoms with Crippen LogP contribution < -0.4 is 10.5 Å². The molecule has 0 spiro atoms. The number of methoxy groups -OCH3 is 1. The smallest absolute Gasteiger partial charge is 0.142 e. The molecule has 1 aliphatic carbocycles. The number of hydrogen-bond acceptors (Lipinski definition) is 2. The Morgan fingerprint density at radius 1 is 1.37 bits per heavy atom. The number of para-hydroxylation sites is 1. The van der Waals surface area contributed by atoms with Crippen molar-refractivity contribution in [3.05, 3.63) is 30.0 Å². The maximum absolute atomic E-state index is 6.06. The van der Waals surface area contributed by atoms with Gasteiger partial charge in [-0.15, -0.1) is 0 Å². The molecule has 1 heterocycles. The highest BCUT2D eigenvalue weighted by molar-refractivity contribution is 5.88. The summed E-state index contributed by atoms with van der Waals surface area (Å²) in [4.78, 5) is 3.37. The molecular formula is C16H22N2O. The summed E-state index contributed by atoms with van der Waals surface area (Å²) < 4.78 is 5.42. The maximum Gasteiger partial charge on any atom is 0.142 e. The van der Waals surface area contributed by atoms with Crippen molar-refractivity contribution in [1.29, 1.82) is 0 Å². The van der Waals surface area contributed by atoms with Gasteiger partial charge in [0.25, 0.3) is 0 Å². The first-order chi connectivity index (χ1) is 9.35. The lowest BCUT2D eigenvalue weighted by molar-refractivity contribution is 0.419. The number of aromatic amines is 1. The molecule has 1 aromatic carbocycles. The number of aromatic nitrogens is 1. The van der Waals surface area contributed by atoms with Crippen LogP contribution in [0.3, 0.4) is 0 Å². The van der Waals surface area contributed by atoms with Crippen molar-refractivity contribution in [3.8, 4) is 5.75 Å². The average molecular weight is 258 g/mol. The van der Waals surface area contributed by atoms with E-state index in [1.807, 2.05) is 6.07 Å². The number of rotatable bonds is 4. The predicted molar refractivity (Wildman–Crippen MR) is 78.6 cm³/mol. The summed E-state index contributed by atoms with van der Waals surface area (Å²) in [7, 11) is 1.71. The Hall–Kier alpha value is -1.48. The van der Waals surface area contributed by atoms with E-state index in [4.69, 9.17) is 10.5 Å². The lowest BCUT2D eigenvalue weighted by Gasteiger charge is -2.21. The van der Waals surface area contributed by atoms with Crippen molar-refractivity contribution in [3.63, 3.8) is 0 Å². The van der Waals surface area contributed by atoms with Crippen molar-refractivity contribution >= 4 is 10.9 Å². The highest BCUT2D eigenvalue weighted by Crippen LogP contribution is 2.40. The third-order valence-electron chi connectivity index (χ3n) is 4.55. The summed E-state index contributed by atoms with van der Waals surface area (Å²) >= 11 is 0. The van der Waals surface area contributed by atoms with E-state index in [0.29, 0.717) is 5.92 Å². The number of benzene rings is 1. The molecule has 3 rings (SSSR count). The number of H-pyrrole nitrogens is 1. The van der Waals surface area contributed by atoms with Gasteiger partial charge in [0.15, 0.2) is 0 Å². The third-order valence-corrected chi connectivity index (χ3v) is 4.55. The van der Waals surface area contributed by atoms with Crippen molar-refractivity contribution in [2.75, 3.05) is 13.7 Å². The van der Waals surface area contributed by atoms with Crippen LogP contribution in [0.4, 0.5) is 0 Å². The van der Waals surface area contributed by atoms with Gasteiger partial charge in [-0.2, -0.15) is 0 Å². The minimum atomic E-state index is 0.475. The molecule has 1 atom stereocenters. The van der Waals surface area contributed by atoms with E-state index < -0.39 is 0 Å². The molecule has 3 nitrogen and oxygen atoms in total. The molecule has 1 unspecified atom stereocenters. The number of nitrogens with one attached hydrogen (secondary N) is 1. The van der Waals surface area contributed by atoms with E-state index >= 15 is 0 Å². The van der Waals surface area contributed by atoms with Crippen LogP contribution in [-0.4, -0.2) is 18.6 Å². The van der Waals surface area contributed by atoms with Crippen LogP contribution in [0, 0.1) is 5.92 Å². The molecule has 0 aliphatic heterocycles. The second-order valence-corrected chi connectivity index (χ2v) is 5.51. The van der Waals surface area contributed by atoms with Gasteiger partial charge in [-0.05, 0) is 36.9 Å². The second-order valence-electron chi connectivity index (χ2n) is 5.51. The largest absolute Gasteiger partial charge is 0.495 e. The van der Waals surface area contributed by atoms with E-state index in [1.165, 1.54) is 36.6 Å². The zero-order chi connectivity index (χ0) is 13.2. The quantitative estimate of drug-likeness (QED) is 0.883. The minimum Gasteiger partial charge on any atom is -0.495 e. The van der Waals surface area contributed by atoms with Crippen LogP contribution in [0.15, 0.2) is 24.4 Å². The van der Waals surface area contributed by atoms with Gasteiger partial charge in [-0.3, -0.25) is 0 Å². The molecule has 0 amide bonds. The Morgan fingerprint density at radius 3 is 2.84 bits per heavy atom. The maximum atomic E-state index is 6.06. The molecule has 19 heavy (non-hydrogen) atoms. The minimum absolute atomic E-state index is 0.475. The molecular weight excluding hydrogens is 236 g/mol. The summed E-state index contributed by atoms with van der Waals surface area (Å²) in [6.45, 7) is 0.731. The van der Waals surface area contributed by atoms with Crippen LogP contribution in [0.5, 0.6) is 5.75 Å². The molecule has 1 aromatic heterocycles. The van der Waals surface area contributed by atoms with Crippen LogP contribution in [0.1, 0.15) is 37.2 Å². The highest BCUT2D eigenvalue weighted by Gasteiger charge is 2.27. The number of hydrogen-bond donors (Lipinski definition) is 2. The molecule has 1 saturated carbocycles. The summed E-state index contributed by atoms with van der Waals surface area (Å²) in [6, 6.07) is 6.22. The molecule has 0 bridgehead atoms. The van der Waals surface area contributed by atoms with Gasteiger partial charge in [-0.1, -0.05) is 25.0 Å². The molecule has 1 fully saturated rings. The first kappa shape index (κ1) is 12.5. The van der Waals surface area contributed by atoms with Crippen LogP contribution >= 0.6 is 0 Å². The van der Waals surface area contributed by atoms with Crippen molar-refractivity contribution in [1.82, 2.24) is 4.98 Å². The molecule has 0 radical (unpaired) electrons. The number of ether oxygens (including phenoxy) is 1. The van der Waals surface area contributed by atoms with Crippen molar-refractivity contribution in [2.45, 2.75) is 31.6 Å². The predicted octanol–water partition coefficient (Wildman–Crippen LogP) is 3.41. The Balaban J connectivity index is 2.03. The van der Waals surface area contributed by atoms with Gasteiger partial charge in [0, 0.05) is 17.5 Å². The second kappa shape index (κ2) is 5.25. The fourth-order valence-electron chi connectivity index (χ4n) is 3.56. The summed E-state index contributed by atoms with van der Waals surface area (Å²) in [5.41, 5.74) is 8.52. The van der Waals surface area contributed by atoms with Gasteiger partial charge in [-0.25, -0.2) is 0 Å². The lowest BCUT2D eigenvalue weighted by atomic mass is 9.85. The summed E-state index contributed by atoms with van der Waals surface area (Å²) in [5, 5.41) is 1.27. The van der Waals surface area contributed by atoms with Crippen LogP contribution in [0.2, 0.25) is 0 Å². The SMILES string of the molecule is COc1cccc2c(C(CN)C3CCCC3)c[nH]c12. The fraction of sp³-hybridized carbons (Fsp3) is 0.500. The first-order valence-corrected chi connectivity index (χ1v) is 7.19. The third kappa shape index (κ3) is 2.12. The first-order valence-electron chi connectivity index (χ1n) is 7.19. The normalized spacial score (nSPS) is 18.0. The zero-order valence-corrected chi connectivity index (χ0v) is 11.5. The molecule has 102 valence electrons. The standard InChI is InChI=1S/C16H22N2O/c1-19-15-8-4-7-12-14(10-18-16(12)15)13(9-17)11-5-2-3-6-11/h4,7-8,10-11,13,18H,2-3,5-6,9,17H2,1H3. The van der Waals surface area contributed by atoms with Crippen LogP contribution in [0.25, 0.3) is 10.9 Å². The van der Waals surface area contributed by atoms with Crippen molar-refractivity contribution in [2.24, 2.45) is 11.7 Å². The van der Waals surface area contributed by atoms with Gasteiger partial charge in [0.05, 0.1) is 12.6 Å². The Bertz CT molecular complexity index is 555. The molecule has 3 heteroatoms. The van der Waals surface area contributed by atoms with Crippen molar-refractivity contribution < 1.29 is 4.74 Å². The average Bonchev–Trinajstić information content (AvgIpc) is 3.10. The monoisotopic (exact) mass is 258 g/mol. The Morgan fingerprint density at radius 2 is 2.16 bits per heavy atom. The fourth-order valence-corrected chi connectivity index (χ4v) is 3.56. The van der Waals surface area contributed by atoms with Crippen LogP contribution in [-0.2, 0) is 0 Å². The van der Waals surface area contributed by atoms with E-state index in [-0.39, 0.29) is 0 Å². The number of nitrogens with two attached hydrogens (primary N) is 1. The Labute approximate surface area is 114 Å². The summed E-state index contributed by atoms with van der Waals surface area (Å²) in [6.07, 6.45) is 7.47.